The number of nitrogens with zero attached hydrogens (tertiary/aromatic N) is 3. The van der Waals surface area contributed by atoms with E-state index in [0.717, 1.165) is 11.3 Å². The Balaban J connectivity index is 1.71. The Bertz CT molecular complexity index is 970. The van der Waals surface area contributed by atoms with E-state index in [9.17, 15) is 18.0 Å². The maximum atomic E-state index is 12.7. The summed E-state index contributed by atoms with van der Waals surface area (Å²) in [5.41, 5.74) is 5.51. The topological polar surface area (TPSA) is 135 Å². The second-order valence-electron chi connectivity index (χ2n) is 5.89. The molecule has 2 aromatic rings. The minimum atomic E-state index is -3.85. The van der Waals surface area contributed by atoms with Gasteiger partial charge in [-0.1, -0.05) is 35.1 Å². The Labute approximate surface area is 164 Å². The number of amides is 2. The lowest BCUT2D eigenvalue weighted by Gasteiger charge is -2.28. The van der Waals surface area contributed by atoms with Crippen LogP contribution >= 0.6 is 22.9 Å². The second-order valence-corrected chi connectivity index (χ2v) is 9.38. The van der Waals surface area contributed by atoms with Crippen molar-refractivity contribution >= 4 is 49.9 Å². The molecule has 27 heavy (non-hydrogen) atoms. The zero-order valence-corrected chi connectivity index (χ0v) is 16.4. The van der Waals surface area contributed by atoms with Gasteiger partial charge in [0.25, 0.3) is 15.9 Å². The number of hydrogen-bond donors (Lipinski definition) is 2. The molecule has 1 aliphatic rings. The number of hydrogen-bond acceptors (Lipinski definition) is 7. The van der Waals surface area contributed by atoms with E-state index in [2.05, 4.69) is 15.5 Å². The summed E-state index contributed by atoms with van der Waals surface area (Å²) in [4.78, 5) is 23.4. The minimum absolute atomic E-state index is 0.0468. The molecule has 3 rings (SSSR count). The Hall–Kier alpha value is -2.08. The van der Waals surface area contributed by atoms with Crippen LogP contribution in [0.3, 0.4) is 0 Å². The number of benzene rings is 1. The fourth-order valence-electron chi connectivity index (χ4n) is 2.67. The highest BCUT2D eigenvalue weighted by Gasteiger charge is 2.33. The van der Waals surface area contributed by atoms with E-state index < -0.39 is 21.8 Å². The Kier molecular flexibility index (Phi) is 5.75. The molecule has 0 radical (unpaired) electrons. The van der Waals surface area contributed by atoms with Crippen LogP contribution in [0.5, 0.6) is 0 Å². The van der Waals surface area contributed by atoms with Crippen LogP contribution in [0, 0.1) is 5.92 Å². The third kappa shape index (κ3) is 4.26. The summed E-state index contributed by atoms with van der Waals surface area (Å²) >= 11 is 6.72. The van der Waals surface area contributed by atoms with Crippen molar-refractivity contribution in [3.05, 3.63) is 34.9 Å². The van der Waals surface area contributed by atoms with Crippen LogP contribution in [-0.2, 0) is 14.8 Å². The minimum Gasteiger partial charge on any atom is -0.369 e. The highest BCUT2D eigenvalue weighted by atomic mass is 35.5. The molecule has 1 aromatic heterocycles. The van der Waals surface area contributed by atoms with Gasteiger partial charge >= 0.3 is 0 Å². The van der Waals surface area contributed by atoms with Crippen molar-refractivity contribution in [1.82, 2.24) is 14.5 Å². The third-order valence-electron chi connectivity index (χ3n) is 4.16. The number of primary amides is 1. The van der Waals surface area contributed by atoms with Gasteiger partial charge in [0.15, 0.2) is 0 Å². The van der Waals surface area contributed by atoms with E-state index in [-0.39, 0.29) is 39.1 Å². The molecule has 0 spiro atoms. The Morgan fingerprint density at radius 1 is 1.22 bits per heavy atom. The third-order valence-corrected chi connectivity index (χ3v) is 7.58. The molecule has 144 valence electrons. The predicted octanol–water partition coefficient (Wildman–Crippen LogP) is 1.33. The standard InChI is InChI=1S/C15H16ClN5O4S2/c16-11-4-2-1-3-10(11)13(23)18-14-19-20-15(26-14)27(24,25)21-7-5-9(6-8-21)12(17)22/h1-4,9H,5-8H2,(H2,17,22)(H,18,19,23). The SMILES string of the molecule is NC(=O)C1CCN(S(=O)(=O)c2nnc(NC(=O)c3ccccc3Cl)s2)CC1. The number of sulfonamides is 1. The molecular formula is C15H16ClN5O4S2. The summed E-state index contributed by atoms with van der Waals surface area (Å²) in [7, 11) is -3.85. The number of rotatable bonds is 5. The van der Waals surface area contributed by atoms with E-state index in [1.807, 2.05) is 0 Å². The van der Waals surface area contributed by atoms with E-state index >= 15 is 0 Å². The fourth-order valence-corrected chi connectivity index (χ4v) is 5.39. The van der Waals surface area contributed by atoms with Crippen molar-refractivity contribution in [3.63, 3.8) is 0 Å². The Morgan fingerprint density at radius 3 is 2.52 bits per heavy atom. The number of nitrogens with one attached hydrogen (secondary N) is 1. The molecular weight excluding hydrogens is 414 g/mol. The largest absolute Gasteiger partial charge is 0.369 e. The summed E-state index contributed by atoms with van der Waals surface area (Å²) in [6.45, 7) is 0.355. The lowest BCUT2D eigenvalue weighted by atomic mass is 9.98. The van der Waals surface area contributed by atoms with E-state index in [0.29, 0.717) is 12.8 Å². The first-order valence-electron chi connectivity index (χ1n) is 7.98. The molecule has 1 fully saturated rings. The van der Waals surface area contributed by atoms with Gasteiger partial charge in [-0.15, -0.1) is 10.2 Å². The molecule has 1 aliphatic heterocycles. The Morgan fingerprint density at radius 2 is 1.89 bits per heavy atom. The lowest BCUT2D eigenvalue weighted by molar-refractivity contribution is -0.122. The number of anilines is 1. The summed E-state index contributed by atoms with van der Waals surface area (Å²) < 4.78 is 26.4. The van der Waals surface area contributed by atoms with Crippen LogP contribution in [-0.4, -0.2) is 47.8 Å². The first-order chi connectivity index (χ1) is 12.8. The summed E-state index contributed by atoms with van der Waals surface area (Å²) in [6.07, 6.45) is 0.729. The average molecular weight is 430 g/mol. The molecule has 1 aromatic carbocycles. The van der Waals surface area contributed by atoms with Crippen LogP contribution in [0.25, 0.3) is 0 Å². The van der Waals surface area contributed by atoms with Crippen molar-refractivity contribution < 1.29 is 18.0 Å². The molecule has 1 saturated heterocycles. The zero-order chi connectivity index (χ0) is 19.6. The molecule has 2 heterocycles. The monoisotopic (exact) mass is 429 g/mol. The van der Waals surface area contributed by atoms with Crippen molar-refractivity contribution in [2.75, 3.05) is 18.4 Å². The molecule has 9 nitrogen and oxygen atoms in total. The van der Waals surface area contributed by atoms with Crippen molar-refractivity contribution in [2.24, 2.45) is 11.7 Å². The van der Waals surface area contributed by atoms with Crippen molar-refractivity contribution in [3.8, 4) is 0 Å². The highest BCUT2D eigenvalue weighted by Crippen LogP contribution is 2.27. The van der Waals surface area contributed by atoms with Gasteiger partial charge in [0.05, 0.1) is 10.6 Å². The van der Waals surface area contributed by atoms with Crippen LogP contribution < -0.4 is 11.1 Å². The number of carbonyl (C=O) groups excluding carboxylic acids is 2. The summed E-state index contributed by atoms with van der Waals surface area (Å²) in [5.74, 6) is -1.26. The average Bonchev–Trinajstić information content (AvgIpc) is 3.11. The number of aromatic nitrogens is 2. The second kappa shape index (κ2) is 7.89. The lowest BCUT2D eigenvalue weighted by Crippen LogP contribution is -2.41. The predicted molar refractivity (Wildman–Crippen MR) is 100.0 cm³/mol. The van der Waals surface area contributed by atoms with Gasteiger partial charge in [0.2, 0.25) is 15.4 Å². The van der Waals surface area contributed by atoms with Crippen molar-refractivity contribution in [1.29, 1.82) is 0 Å². The van der Waals surface area contributed by atoms with E-state index in [4.69, 9.17) is 17.3 Å². The smallest absolute Gasteiger partial charge is 0.272 e. The molecule has 0 aliphatic carbocycles. The molecule has 0 bridgehead atoms. The van der Waals surface area contributed by atoms with Gasteiger partial charge < -0.3 is 5.73 Å². The maximum Gasteiger partial charge on any atom is 0.272 e. The number of nitrogens with two attached hydrogens (primary N) is 1. The molecule has 0 atom stereocenters. The maximum absolute atomic E-state index is 12.7. The normalized spacial score (nSPS) is 16.2. The molecule has 0 unspecified atom stereocenters. The van der Waals surface area contributed by atoms with Crippen LogP contribution in [0.4, 0.5) is 5.13 Å². The molecule has 12 heteroatoms. The van der Waals surface area contributed by atoms with Crippen molar-refractivity contribution in [2.45, 2.75) is 17.2 Å². The van der Waals surface area contributed by atoms with Gasteiger partial charge in [-0.3, -0.25) is 14.9 Å². The van der Waals surface area contributed by atoms with E-state index in [1.165, 1.54) is 4.31 Å². The number of halogens is 1. The van der Waals surface area contributed by atoms with Gasteiger partial charge in [0.1, 0.15) is 0 Å². The van der Waals surface area contributed by atoms with Gasteiger partial charge in [-0.25, -0.2) is 8.42 Å². The molecule has 2 amide bonds. The summed E-state index contributed by atoms with van der Waals surface area (Å²) in [5, 5.41) is 10.2. The van der Waals surface area contributed by atoms with E-state index in [1.54, 1.807) is 24.3 Å². The fraction of sp³-hybridized carbons (Fsp3) is 0.333. The highest BCUT2D eigenvalue weighted by molar-refractivity contribution is 7.91. The van der Waals surface area contributed by atoms with Crippen LogP contribution in [0.2, 0.25) is 5.02 Å². The van der Waals surface area contributed by atoms with Gasteiger partial charge in [0, 0.05) is 19.0 Å². The summed E-state index contributed by atoms with van der Waals surface area (Å²) in [6, 6.07) is 6.46. The first-order valence-corrected chi connectivity index (χ1v) is 10.6. The zero-order valence-electron chi connectivity index (χ0n) is 14.0. The van der Waals surface area contributed by atoms with Crippen LogP contribution in [0.15, 0.2) is 28.6 Å². The quantitative estimate of drug-likeness (QED) is 0.688. The molecule has 3 N–H and O–H groups in total. The number of piperidine rings is 1. The van der Waals surface area contributed by atoms with Gasteiger partial charge in [-0.05, 0) is 25.0 Å². The molecule has 0 saturated carbocycles. The first kappa shape index (κ1) is 19.7. The van der Waals surface area contributed by atoms with Gasteiger partial charge in [-0.2, -0.15) is 4.31 Å². The number of carbonyl (C=O) groups is 2. The van der Waals surface area contributed by atoms with Crippen LogP contribution in [0.1, 0.15) is 23.2 Å².